The highest BCUT2D eigenvalue weighted by Crippen LogP contribution is 2.76. The molecule has 0 amide bonds. The number of aliphatic hydroxyl groups excluding tert-OH is 3. The van der Waals surface area contributed by atoms with Crippen LogP contribution in [0.3, 0.4) is 0 Å². The minimum absolute atomic E-state index is 0.0587. The second-order valence-corrected chi connectivity index (χ2v) is 21.7. The average molecular weight is 955 g/mol. The van der Waals surface area contributed by atoms with Crippen molar-refractivity contribution in [3.8, 4) is 0 Å². The molecule has 0 aromatic heterocycles. The summed E-state index contributed by atoms with van der Waals surface area (Å²) in [5.41, 5.74) is 0.860. The predicted octanol–water partition coefficient (Wildman–Crippen LogP) is 3.47. The van der Waals surface area contributed by atoms with Crippen LogP contribution in [0, 0.1) is 28.6 Å². The average Bonchev–Trinajstić information content (AvgIpc) is 3.80. The monoisotopic (exact) mass is 955 g/mol. The van der Waals surface area contributed by atoms with Crippen molar-refractivity contribution in [3.05, 3.63) is 11.6 Å². The van der Waals surface area contributed by atoms with Crippen molar-refractivity contribution in [2.45, 2.75) is 228 Å². The number of hydrogen-bond acceptors (Lipinski definition) is 18. The first kappa shape index (κ1) is 49.6. The highest BCUT2D eigenvalue weighted by molar-refractivity contribution is 5.30. The van der Waals surface area contributed by atoms with Gasteiger partial charge in [-0.25, -0.2) is 0 Å². The Morgan fingerprint density at radius 1 is 0.657 bits per heavy atom. The predicted molar refractivity (Wildman–Crippen MR) is 233 cm³/mol. The molecule has 2 bridgehead atoms. The Morgan fingerprint density at radius 2 is 1.24 bits per heavy atom. The van der Waals surface area contributed by atoms with Crippen LogP contribution in [0.15, 0.2) is 11.6 Å². The van der Waals surface area contributed by atoms with E-state index in [2.05, 4.69) is 19.9 Å². The molecule has 0 radical (unpaired) electrons. The molecule has 0 aromatic rings. The lowest BCUT2D eigenvalue weighted by Crippen LogP contribution is -2.61. The molecule has 382 valence electrons. The second kappa shape index (κ2) is 18.8. The Bertz CT molecular complexity index is 1770. The maximum absolute atomic E-state index is 11.3. The lowest BCUT2D eigenvalue weighted by Gasteiger charge is -2.59. The van der Waals surface area contributed by atoms with Crippen molar-refractivity contribution in [1.29, 1.82) is 0 Å². The fourth-order valence-electron chi connectivity index (χ4n) is 15.0. The third-order valence-corrected chi connectivity index (χ3v) is 18.3. The SMILES string of the molecule is COC1CC(OC2CCC3(CO)C(=CCC4C3CCC3(C)C5C6COC5(C)OC43O6)C2)OC(C)C1OC1CC(OC)C(OC2CC(OC)C(OC3OC(C)C(O)C(OC)C3O)C(C)O2)C(C)O1. The van der Waals surface area contributed by atoms with Gasteiger partial charge in [-0.15, -0.1) is 0 Å². The van der Waals surface area contributed by atoms with Crippen molar-refractivity contribution < 1.29 is 86.4 Å². The van der Waals surface area contributed by atoms with E-state index >= 15 is 0 Å². The van der Waals surface area contributed by atoms with Gasteiger partial charge in [-0.1, -0.05) is 18.6 Å². The number of methoxy groups -OCH3 is 4. The minimum Gasteiger partial charge on any atom is -0.395 e. The number of fused-ring (bicyclic) bond motifs is 3. The van der Waals surface area contributed by atoms with E-state index in [1.54, 1.807) is 28.3 Å². The van der Waals surface area contributed by atoms with Crippen LogP contribution in [-0.4, -0.2) is 185 Å². The lowest BCUT2D eigenvalue weighted by molar-refractivity contribution is -0.359. The molecule has 0 spiro atoms. The van der Waals surface area contributed by atoms with Gasteiger partial charge in [0.05, 0.1) is 74.1 Å². The summed E-state index contributed by atoms with van der Waals surface area (Å²) < 4.78 is 94.9. The molecular weight excluding hydrogens is 877 g/mol. The number of ether oxygens (including phenoxy) is 15. The number of rotatable bonds is 13. The minimum atomic E-state index is -1.22. The smallest absolute Gasteiger partial charge is 0.187 e. The molecule has 10 rings (SSSR count). The number of allylic oxidation sites excluding steroid dienone is 1. The van der Waals surface area contributed by atoms with Crippen LogP contribution in [0.2, 0.25) is 0 Å². The molecule has 67 heavy (non-hydrogen) atoms. The van der Waals surface area contributed by atoms with Gasteiger partial charge in [0.2, 0.25) is 0 Å². The summed E-state index contributed by atoms with van der Waals surface area (Å²) in [6.07, 6.45) is -1.68. The van der Waals surface area contributed by atoms with Crippen molar-refractivity contribution in [2.75, 3.05) is 41.7 Å². The zero-order valence-electron chi connectivity index (χ0n) is 41.0. The molecule has 18 heteroatoms. The Kier molecular flexibility index (Phi) is 13.9. The van der Waals surface area contributed by atoms with Gasteiger partial charge in [-0.05, 0) is 79.1 Å². The number of aliphatic hydroxyl groups is 3. The quantitative estimate of drug-likeness (QED) is 0.227. The second-order valence-electron chi connectivity index (χ2n) is 21.7. The molecule has 0 aromatic carbocycles. The lowest BCUT2D eigenvalue weighted by atomic mass is 9.47. The van der Waals surface area contributed by atoms with E-state index in [1.807, 2.05) is 20.8 Å². The van der Waals surface area contributed by atoms with Gasteiger partial charge in [0.25, 0.3) is 0 Å². The summed E-state index contributed by atoms with van der Waals surface area (Å²) in [7, 11) is 6.37. The van der Waals surface area contributed by atoms with Crippen molar-refractivity contribution >= 4 is 0 Å². The van der Waals surface area contributed by atoms with E-state index in [0.29, 0.717) is 25.9 Å². The van der Waals surface area contributed by atoms with E-state index in [0.717, 1.165) is 38.5 Å². The molecule has 9 fully saturated rings. The molecule has 7 heterocycles. The van der Waals surface area contributed by atoms with Crippen LogP contribution >= 0.6 is 0 Å². The third kappa shape index (κ3) is 8.06. The van der Waals surface area contributed by atoms with Gasteiger partial charge < -0.3 is 86.4 Å². The van der Waals surface area contributed by atoms with Gasteiger partial charge >= 0.3 is 0 Å². The molecule has 3 aliphatic carbocycles. The van der Waals surface area contributed by atoms with Crippen LogP contribution < -0.4 is 0 Å². The molecular formula is C49H78O18. The fraction of sp³-hybridized carbons (Fsp3) is 0.959. The zero-order valence-corrected chi connectivity index (χ0v) is 41.0. The molecule has 7 saturated heterocycles. The fourth-order valence-corrected chi connectivity index (χ4v) is 15.0. The molecule has 10 aliphatic rings. The van der Waals surface area contributed by atoms with E-state index in [1.165, 1.54) is 12.7 Å². The van der Waals surface area contributed by atoms with E-state index in [9.17, 15) is 15.3 Å². The van der Waals surface area contributed by atoms with E-state index in [4.69, 9.17) is 71.1 Å². The molecule has 18 nitrogen and oxygen atoms in total. The number of hydrogen-bond donors (Lipinski definition) is 3. The Balaban J connectivity index is 0.727. The largest absolute Gasteiger partial charge is 0.395 e. The normalized spacial score (nSPS) is 56.0. The summed E-state index contributed by atoms with van der Waals surface area (Å²) in [4.78, 5) is 0. The van der Waals surface area contributed by atoms with Gasteiger partial charge in [0.1, 0.15) is 36.6 Å². The van der Waals surface area contributed by atoms with E-state index < -0.39 is 97.8 Å². The van der Waals surface area contributed by atoms with Gasteiger partial charge in [0.15, 0.2) is 36.7 Å². The maximum atomic E-state index is 11.3. The van der Waals surface area contributed by atoms with Crippen molar-refractivity contribution in [1.82, 2.24) is 0 Å². The van der Waals surface area contributed by atoms with Gasteiger partial charge in [-0.3, -0.25) is 0 Å². The van der Waals surface area contributed by atoms with Crippen LogP contribution in [0.4, 0.5) is 0 Å². The Labute approximate surface area is 395 Å². The summed E-state index contributed by atoms with van der Waals surface area (Å²) >= 11 is 0. The first-order valence-corrected chi connectivity index (χ1v) is 25.1. The van der Waals surface area contributed by atoms with Gasteiger partial charge in [0, 0.05) is 64.4 Å². The molecule has 26 atom stereocenters. The summed E-state index contributed by atoms with van der Waals surface area (Å²) in [5.74, 6) is -0.651. The summed E-state index contributed by atoms with van der Waals surface area (Å²) in [6, 6.07) is 0. The maximum Gasteiger partial charge on any atom is 0.187 e. The molecule has 7 aliphatic heterocycles. The zero-order chi connectivity index (χ0) is 47.4. The van der Waals surface area contributed by atoms with E-state index in [-0.39, 0.29) is 65.7 Å². The van der Waals surface area contributed by atoms with Crippen LogP contribution in [-0.2, 0) is 71.1 Å². The Morgan fingerprint density at radius 3 is 1.79 bits per heavy atom. The van der Waals surface area contributed by atoms with Crippen molar-refractivity contribution in [3.63, 3.8) is 0 Å². The summed E-state index contributed by atoms with van der Waals surface area (Å²) in [5, 5.41) is 32.6. The highest BCUT2D eigenvalue weighted by atomic mass is 16.8. The van der Waals surface area contributed by atoms with Crippen molar-refractivity contribution in [2.24, 2.45) is 28.6 Å². The van der Waals surface area contributed by atoms with Crippen LogP contribution in [0.1, 0.15) is 99.3 Å². The first-order valence-electron chi connectivity index (χ1n) is 25.1. The molecule has 2 saturated carbocycles. The highest BCUT2D eigenvalue weighted by Gasteiger charge is 2.83. The summed E-state index contributed by atoms with van der Waals surface area (Å²) in [6.45, 7) is 12.6. The van der Waals surface area contributed by atoms with Crippen LogP contribution in [0.5, 0.6) is 0 Å². The molecule has 3 N–H and O–H groups in total. The third-order valence-electron chi connectivity index (χ3n) is 18.3. The standard InChI is InChI=1S/C49H78O18/c1-23-38(51)43(56-10)39(52)45(61-23)65-42-26(4)60-37(20-33(42)55-9)64-41-25(3)59-36(19-32(41)54-8)63-40-24(2)58-35(18-31(40)53-7)62-28-13-16-48(22-50)27(17-28)11-12-30-29(48)14-15-46(5)44-34-21-57-47(44,6)67-49(30,46)66-34/h11,23-26,28-45,50-52H,12-22H2,1-10H3. The Hall–Kier alpha value is -0.980. The first-order chi connectivity index (χ1) is 32.0. The van der Waals surface area contributed by atoms with Crippen LogP contribution in [0.25, 0.3) is 0 Å². The topological polar surface area (TPSA) is 199 Å². The molecule has 26 unspecified atom stereocenters. The van der Waals surface area contributed by atoms with Gasteiger partial charge in [-0.2, -0.15) is 0 Å².